The van der Waals surface area contributed by atoms with E-state index in [0.717, 1.165) is 12.2 Å². The average molecular weight is 292 g/mol. The summed E-state index contributed by atoms with van der Waals surface area (Å²) in [6.45, 7) is 2.86. The van der Waals surface area contributed by atoms with Crippen molar-refractivity contribution >= 4 is 5.57 Å². The number of ether oxygens (including phenoxy) is 1. The first-order valence-corrected chi connectivity index (χ1v) is 8.29. The van der Waals surface area contributed by atoms with Crippen LogP contribution in [0.25, 0.3) is 5.57 Å². The standard InChI is InChI=1S/C21H24O/c1-17-12-14-18(15-13-17)21-11-7-2-4-8-19(21)16-22-20-9-5-3-6-10-20/h3,5-6,9-10,12-15H,2,4,7-8,11,16H2,1H3. The van der Waals surface area contributed by atoms with Gasteiger partial charge in [0.05, 0.1) is 0 Å². The number of rotatable bonds is 4. The predicted molar refractivity (Wildman–Crippen MR) is 93.1 cm³/mol. The summed E-state index contributed by atoms with van der Waals surface area (Å²) in [7, 11) is 0. The van der Waals surface area contributed by atoms with Gasteiger partial charge in [-0.3, -0.25) is 0 Å². The SMILES string of the molecule is Cc1ccc(C2=C(COc3ccccc3)CCCCC2)cc1. The summed E-state index contributed by atoms with van der Waals surface area (Å²) in [4.78, 5) is 0. The van der Waals surface area contributed by atoms with E-state index in [2.05, 4.69) is 31.2 Å². The van der Waals surface area contributed by atoms with E-state index in [1.165, 1.54) is 48.0 Å². The summed E-state index contributed by atoms with van der Waals surface area (Å²) < 4.78 is 6.02. The summed E-state index contributed by atoms with van der Waals surface area (Å²) in [6.07, 6.45) is 6.23. The second-order valence-electron chi connectivity index (χ2n) is 6.11. The third-order valence-corrected chi connectivity index (χ3v) is 4.39. The van der Waals surface area contributed by atoms with Crippen LogP contribution in [0.3, 0.4) is 0 Å². The maximum absolute atomic E-state index is 6.02. The fourth-order valence-electron chi connectivity index (χ4n) is 3.09. The van der Waals surface area contributed by atoms with Crippen LogP contribution in [0.4, 0.5) is 0 Å². The highest BCUT2D eigenvalue weighted by atomic mass is 16.5. The van der Waals surface area contributed by atoms with Gasteiger partial charge in [-0.1, -0.05) is 54.4 Å². The van der Waals surface area contributed by atoms with Gasteiger partial charge >= 0.3 is 0 Å². The molecule has 0 aromatic heterocycles. The molecule has 1 heteroatoms. The molecule has 1 aliphatic carbocycles. The maximum Gasteiger partial charge on any atom is 0.119 e. The second kappa shape index (κ2) is 7.31. The Morgan fingerprint density at radius 2 is 1.55 bits per heavy atom. The Bertz CT molecular complexity index is 623. The van der Waals surface area contributed by atoms with Gasteiger partial charge in [-0.25, -0.2) is 0 Å². The van der Waals surface area contributed by atoms with E-state index in [1.807, 2.05) is 30.3 Å². The molecule has 0 atom stereocenters. The van der Waals surface area contributed by atoms with Crippen molar-refractivity contribution in [3.05, 3.63) is 71.3 Å². The van der Waals surface area contributed by atoms with Crippen LogP contribution in [-0.4, -0.2) is 6.61 Å². The van der Waals surface area contributed by atoms with E-state index in [-0.39, 0.29) is 0 Å². The normalized spacial score (nSPS) is 15.5. The molecule has 0 saturated heterocycles. The summed E-state index contributed by atoms with van der Waals surface area (Å²) in [5.74, 6) is 0.961. The average Bonchev–Trinajstić information content (AvgIpc) is 2.80. The third-order valence-electron chi connectivity index (χ3n) is 4.39. The third kappa shape index (κ3) is 3.79. The predicted octanol–water partition coefficient (Wildman–Crippen LogP) is 5.79. The van der Waals surface area contributed by atoms with Gasteiger partial charge in [-0.2, -0.15) is 0 Å². The first kappa shape index (κ1) is 14.9. The lowest BCUT2D eigenvalue weighted by Gasteiger charge is -2.15. The number of hydrogen-bond acceptors (Lipinski definition) is 1. The van der Waals surface area contributed by atoms with Crippen molar-refractivity contribution in [2.45, 2.75) is 39.0 Å². The first-order chi connectivity index (χ1) is 10.8. The zero-order valence-electron chi connectivity index (χ0n) is 13.3. The van der Waals surface area contributed by atoms with Crippen molar-refractivity contribution in [2.24, 2.45) is 0 Å². The maximum atomic E-state index is 6.02. The van der Waals surface area contributed by atoms with Crippen molar-refractivity contribution < 1.29 is 4.74 Å². The molecule has 114 valence electrons. The smallest absolute Gasteiger partial charge is 0.119 e. The minimum atomic E-state index is 0.715. The largest absolute Gasteiger partial charge is 0.489 e. The topological polar surface area (TPSA) is 9.23 Å². The molecule has 1 aliphatic rings. The Hall–Kier alpha value is -2.02. The zero-order chi connectivity index (χ0) is 15.2. The van der Waals surface area contributed by atoms with Crippen LogP contribution in [0.5, 0.6) is 5.75 Å². The van der Waals surface area contributed by atoms with Gasteiger partial charge in [0, 0.05) is 0 Å². The quantitative estimate of drug-likeness (QED) is 0.693. The Morgan fingerprint density at radius 3 is 2.32 bits per heavy atom. The van der Waals surface area contributed by atoms with Crippen molar-refractivity contribution in [1.29, 1.82) is 0 Å². The minimum absolute atomic E-state index is 0.715. The van der Waals surface area contributed by atoms with Crippen LogP contribution in [0.2, 0.25) is 0 Å². The number of allylic oxidation sites excluding steroid dienone is 1. The molecule has 0 saturated carbocycles. The molecule has 0 amide bonds. The lowest BCUT2D eigenvalue weighted by molar-refractivity contribution is 0.347. The Balaban J connectivity index is 1.83. The molecule has 3 rings (SSSR count). The zero-order valence-corrected chi connectivity index (χ0v) is 13.3. The van der Waals surface area contributed by atoms with Crippen LogP contribution < -0.4 is 4.74 Å². The van der Waals surface area contributed by atoms with Gasteiger partial charge in [-0.15, -0.1) is 0 Å². The van der Waals surface area contributed by atoms with Gasteiger partial charge in [0.15, 0.2) is 0 Å². The molecule has 0 unspecified atom stereocenters. The van der Waals surface area contributed by atoms with Gasteiger partial charge in [0.2, 0.25) is 0 Å². The summed E-state index contributed by atoms with van der Waals surface area (Å²) in [6, 6.07) is 19.1. The molecular formula is C21H24O. The van der Waals surface area contributed by atoms with Crippen LogP contribution in [0.1, 0.15) is 43.2 Å². The van der Waals surface area contributed by atoms with E-state index in [9.17, 15) is 0 Å². The lowest BCUT2D eigenvalue weighted by atomic mass is 9.95. The van der Waals surface area contributed by atoms with Crippen molar-refractivity contribution in [3.63, 3.8) is 0 Å². The summed E-state index contributed by atoms with van der Waals surface area (Å²) >= 11 is 0. The fourth-order valence-corrected chi connectivity index (χ4v) is 3.09. The molecule has 1 nitrogen and oxygen atoms in total. The molecule has 0 aliphatic heterocycles. The Labute approximate surface area is 133 Å². The lowest BCUT2D eigenvalue weighted by Crippen LogP contribution is -2.04. The van der Waals surface area contributed by atoms with E-state index < -0.39 is 0 Å². The molecule has 2 aromatic rings. The molecule has 0 heterocycles. The van der Waals surface area contributed by atoms with Gasteiger partial charge in [0.1, 0.15) is 12.4 Å². The number of benzene rings is 2. The van der Waals surface area contributed by atoms with Gasteiger partial charge in [0.25, 0.3) is 0 Å². The highest BCUT2D eigenvalue weighted by molar-refractivity contribution is 5.69. The Morgan fingerprint density at radius 1 is 0.818 bits per heavy atom. The number of aryl methyl sites for hydroxylation is 1. The molecule has 0 fully saturated rings. The molecule has 0 N–H and O–H groups in total. The van der Waals surface area contributed by atoms with Crippen molar-refractivity contribution in [1.82, 2.24) is 0 Å². The van der Waals surface area contributed by atoms with Crippen molar-refractivity contribution in [3.8, 4) is 5.75 Å². The second-order valence-corrected chi connectivity index (χ2v) is 6.11. The molecular weight excluding hydrogens is 268 g/mol. The van der Waals surface area contributed by atoms with Gasteiger partial charge < -0.3 is 4.74 Å². The monoisotopic (exact) mass is 292 g/mol. The van der Waals surface area contributed by atoms with Crippen LogP contribution in [0, 0.1) is 6.92 Å². The van der Waals surface area contributed by atoms with Gasteiger partial charge in [-0.05, 0) is 61.4 Å². The summed E-state index contributed by atoms with van der Waals surface area (Å²) in [5.41, 5.74) is 5.68. The highest BCUT2D eigenvalue weighted by Crippen LogP contribution is 2.31. The van der Waals surface area contributed by atoms with E-state index in [1.54, 1.807) is 0 Å². The van der Waals surface area contributed by atoms with Crippen LogP contribution in [-0.2, 0) is 0 Å². The molecule has 22 heavy (non-hydrogen) atoms. The minimum Gasteiger partial charge on any atom is -0.489 e. The molecule has 0 bridgehead atoms. The molecule has 0 spiro atoms. The van der Waals surface area contributed by atoms with E-state index in [4.69, 9.17) is 4.74 Å². The van der Waals surface area contributed by atoms with E-state index in [0.29, 0.717) is 6.61 Å². The van der Waals surface area contributed by atoms with Crippen LogP contribution in [0.15, 0.2) is 60.2 Å². The first-order valence-electron chi connectivity index (χ1n) is 8.29. The number of hydrogen-bond donors (Lipinski definition) is 0. The molecule has 2 aromatic carbocycles. The van der Waals surface area contributed by atoms with Crippen LogP contribution >= 0.6 is 0 Å². The summed E-state index contributed by atoms with van der Waals surface area (Å²) in [5, 5.41) is 0. The molecule has 0 radical (unpaired) electrons. The number of para-hydroxylation sites is 1. The van der Waals surface area contributed by atoms with Crippen molar-refractivity contribution in [2.75, 3.05) is 6.61 Å². The highest BCUT2D eigenvalue weighted by Gasteiger charge is 2.13. The fraction of sp³-hybridized carbons (Fsp3) is 0.333. The Kier molecular flexibility index (Phi) is 4.95. The van der Waals surface area contributed by atoms with E-state index >= 15 is 0 Å².